The average molecular weight is 266 g/mol. The SMILES string of the molecule is C=C(C(=O)O)c1cccc(C(F)(F)C(F)(F)F)c1. The molecular formula is C11H7F5O2. The topological polar surface area (TPSA) is 37.3 Å². The van der Waals surface area contributed by atoms with Crippen molar-refractivity contribution >= 4 is 11.5 Å². The van der Waals surface area contributed by atoms with E-state index in [0.717, 1.165) is 12.1 Å². The van der Waals surface area contributed by atoms with Crippen LogP contribution in [0.5, 0.6) is 0 Å². The highest BCUT2D eigenvalue weighted by atomic mass is 19.4. The van der Waals surface area contributed by atoms with E-state index in [1.54, 1.807) is 0 Å². The number of benzene rings is 1. The highest BCUT2D eigenvalue weighted by molar-refractivity contribution is 6.14. The zero-order valence-corrected chi connectivity index (χ0v) is 8.76. The standard InChI is InChI=1S/C11H7F5O2/c1-6(9(17)18)7-3-2-4-8(5-7)10(12,13)11(14,15)16/h2-5H,1H2,(H,17,18). The van der Waals surface area contributed by atoms with E-state index in [2.05, 4.69) is 6.58 Å². The van der Waals surface area contributed by atoms with Crippen molar-refractivity contribution in [3.05, 3.63) is 42.0 Å². The molecule has 1 aromatic rings. The van der Waals surface area contributed by atoms with Gasteiger partial charge in [-0.25, -0.2) is 4.79 Å². The second-order valence-corrected chi connectivity index (χ2v) is 3.44. The predicted octanol–water partition coefficient (Wildman–Crippen LogP) is 3.44. The van der Waals surface area contributed by atoms with Gasteiger partial charge in [-0.2, -0.15) is 22.0 Å². The van der Waals surface area contributed by atoms with Crippen molar-refractivity contribution in [1.82, 2.24) is 0 Å². The fourth-order valence-electron chi connectivity index (χ4n) is 1.19. The van der Waals surface area contributed by atoms with Crippen LogP contribution in [0, 0.1) is 0 Å². The molecule has 0 aliphatic rings. The Hall–Kier alpha value is -1.92. The molecule has 1 N–H and O–H groups in total. The van der Waals surface area contributed by atoms with Crippen molar-refractivity contribution in [3.8, 4) is 0 Å². The van der Waals surface area contributed by atoms with Crippen LogP contribution in [0.15, 0.2) is 30.8 Å². The van der Waals surface area contributed by atoms with Crippen molar-refractivity contribution in [3.63, 3.8) is 0 Å². The molecule has 0 bridgehead atoms. The van der Waals surface area contributed by atoms with Crippen molar-refractivity contribution in [2.45, 2.75) is 12.1 Å². The molecule has 1 rings (SSSR count). The molecule has 7 heteroatoms. The third-order valence-corrected chi connectivity index (χ3v) is 2.19. The number of hydrogen-bond donors (Lipinski definition) is 1. The molecule has 0 amide bonds. The van der Waals surface area contributed by atoms with Gasteiger partial charge in [0.15, 0.2) is 0 Å². The number of halogens is 5. The van der Waals surface area contributed by atoms with Crippen LogP contribution in [0.2, 0.25) is 0 Å². The summed E-state index contributed by atoms with van der Waals surface area (Å²) in [6, 6.07) is 3.04. The van der Waals surface area contributed by atoms with E-state index < -0.39 is 29.2 Å². The van der Waals surface area contributed by atoms with Gasteiger partial charge in [0.2, 0.25) is 0 Å². The first-order valence-corrected chi connectivity index (χ1v) is 4.55. The molecule has 0 spiro atoms. The predicted molar refractivity (Wildman–Crippen MR) is 53.1 cm³/mol. The molecule has 0 heterocycles. The van der Waals surface area contributed by atoms with Crippen LogP contribution in [0.3, 0.4) is 0 Å². The molecule has 0 aliphatic heterocycles. The van der Waals surface area contributed by atoms with Crippen molar-refractivity contribution in [2.75, 3.05) is 0 Å². The molecule has 0 fully saturated rings. The zero-order chi connectivity index (χ0) is 14.1. The molecule has 0 unspecified atom stereocenters. The van der Waals surface area contributed by atoms with Crippen LogP contribution in [-0.2, 0) is 10.7 Å². The van der Waals surface area contributed by atoms with Crippen molar-refractivity contribution < 1.29 is 31.9 Å². The van der Waals surface area contributed by atoms with Crippen molar-refractivity contribution in [2.24, 2.45) is 0 Å². The maximum absolute atomic E-state index is 13.0. The first kappa shape index (κ1) is 14.1. The number of carboxylic acid groups (broad SMARTS) is 1. The molecule has 0 atom stereocenters. The average Bonchev–Trinajstić information content (AvgIpc) is 2.26. The van der Waals surface area contributed by atoms with Gasteiger partial charge in [-0.15, -0.1) is 0 Å². The Balaban J connectivity index is 3.26. The molecule has 0 aromatic heterocycles. The van der Waals surface area contributed by atoms with Crippen LogP contribution in [0.25, 0.3) is 5.57 Å². The smallest absolute Gasteiger partial charge is 0.458 e. The Kier molecular flexibility index (Phi) is 3.45. The molecule has 0 radical (unpaired) electrons. The summed E-state index contributed by atoms with van der Waals surface area (Å²) in [4.78, 5) is 10.5. The summed E-state index contributed by atoms with van der Waals surface area (Å²) in [5.41, 5.74) is -2.19. The Morgan fingerprint density at radius 2 is 1.72 bits per heavy atom. The summed E-state index contributed by atoms with van der Waals surface area (Å²) in [5.74, 6) is -6.54. The summed E-state index contributed by atoms with van der Waals surface area (Å²) in [6.07, 6.45) is -5.74. The largest absolute Gasteiger partial charge is 0.478 e. The highest BCUT2D eigenvalue weighted by Gasteiger charge is 2.58. The normalized spacial score (nSPS) is 12.3. The molecule has 1 aromatic carbocycles. The second-order valence-electron chi connectivity index (χ2n) is 3.44. The minimum atomic E-state index is -5.74. The fourth-order valence-corrected chi connectivity index (χ4v) is 1.19. The number of rotatable bonds is 3. The highest BCUT2D eigenvalue weighted by Crippen LogP contribution is 2.44. The van der Waals surface area contributed by atoms with Crippen LogP contribution >= 0.6 is 0 Å². The maximum Gasteiger partial charge on any atom is 0.458 e. The zero-order valence-electron chi connectivity index (χ0n) is 8.76. The Morgan fingerprint density at radius 3 is 2.17 bits per heavy atom. The van der Waals surface area contributed by atoms with E-state index in [-0.39, 0.29) is 5.56 Å². The second kappa shape index (κ2) is 4.40. The van der Waals surface area contributed by atoms with Gasteiger partial charge in [-0.05, 0) is 11.6 Å². The van der Waals surface area contributed by atoms with Crippen molar-refractivity contribution in [1.29, 1.82) is 0 Å². The van der Waals surface area contributed by atoms with E-state index in [1.807, 2.05) is 0 Å². The minimum Gasteiger partial charge on any atom is -0.478 e. The minimum absolute atomic E-state index is 0.302. The lowest BCUT2D eigenvalue weighted by atomic mass is 10.0. The number of hydrogen-bond acceptors (Lipinski definition) is 1. The quantitative estimate of drug-likeness (QED) is 0.672. The van der Waals surface area contributed by atoms with E-state index >= 15 is 0 Å². The van der Waals surface area contributed by atoms with E-state index in [1.165, 1.54) is 0 Å². The monoisotopic (exact) mass is 266 g/mol. The molecular weight excluding hydrogens is 259 g/mol. The summed E-state index contributed by atoms with van der Waals surface area (Å²) in [7, 11) is 0. The fraction of sp³-hybridized carbons (Fsp3) is 0.182. The third kappa shape index (κ3) is 2.49. The first-order valence-electron chi connectivity index (χ1n) is 4.55. The molecule has 98 valence electrons. The lowest BCUT2D eigenvalue weighted by Crippen LogP contribution is -2.33. The van der Waals surface area contributed by atoms with Gasteiger partial charge >= 0.3 is 18.1 Å². The summed E-state index contributed by atoms with van der Waals surface area (Å²) >= 11 is 0. The lowest BCUT2D eigenvalue weighted by Gasteiger charge is -2.20. The summed E-state index contributed by atoms with van der Waals surface area (Å²) in [6.45, 7) is 3.08. The van der Waals surface area contributed by atoms with Crippen LogP contribution in [-0.4, -0.2) is 17.3 Å². The van der Waals surface area contributed by atoms with Gasteiger partial charge in [-0.3, -0.25) is 0 Å². The molecule has 0 aliphatic carbocycles. The third-order valence-electron chi connectivity index (χ3n) is 2.19. The number of carboxylic acids is 1. The number of carbonyl (C=O) groups is 1. The molecule has 2 nitrogen and oxygen atoms in total. The van der Waals surface area contributed by atoms with E-state index in [4.69, 9.17) is 5.11 Å². The number of aliphatic carboxylic acids is 1. The number of alkyl halides is 5. The Labute approximate surface area is 98.3 Å². The summed E-state index contributed by atoms with van der Waals surface area (Å²) in [5, 5.41) is 8.58. The van der Waals surface area contributed by atoms with Gasteiger partial charge in [-0.1, -0.05) is 24.8 Å². The van der Waals surface area contributed by atoms with Gasteiger partial charge in [0.25, 0.3) is 0 Å². The molecule has 18 heavy (non-hydrogen) atoms. The van der Waals surface area contributed by atoms with Gasteiger partial charge < -0.3 is 5.11 Å². The molecule has 0 saturated carbocycles. The Morgan fingerprint density at radius 1 is 1.17 bits per heavy atom. The van der Waals surface area contributed by atoms with Gasteiger partial charge in [0.05, 0.1) is 5.57 Å². The van der Waals surface area contributed by atoms with Crippen LogP contribution < -0.4 is 0 Å². The van der Waals surface area contributed by atoms with Crippen LogP contribution in [0.1, 0.15) is 11.1 Å². The van der Waals surface area contributed by atoms with E-state index in [0.29, 0.717) is 12.1 Å². The summed E-state index contributed by atoms with van der Waals surface area (Å²) < 4.78 is 62.4. The van der Waals surface area contributed by atoms with Crippen LogP contribution in [0.4, 0.5) is 22.0 Å². The van der Waals surface area contributed by atoms with E-state index in [9.17, 15) is 26.7 Å². The Bertz CT molecular complexity index is 490. The maximum atomic E-state index is 13.0. The van der Waals surface area contributed by atoms with Gasteiger partial charge in [0, 0.05) is 5.56 Å². The molecule has 0 saturated heterocycles. The lowest BCUT2D eigenvalue weighted by molar-refractivity contribution is -0.289. The first-order chi connectivity index (χ1) is 8.07. The van der Waals surface area contributed by atoms with Gasteiger partial charge in [0.1, 0.15) is 0 Å².